The third-order valence-corrected chi connectivity index (χ3v) is 4.91. The molecule has 128 valence electrons. The molecule has 0 atom stereocenters. The Morgan fingerprint density at radius 2 is 1.75 bits per heavy atom. The predicted molar refractivity (Wildman–Crippen MR) is 90.8 cm³/mol. The van der Waals surface area contributed by atoms with E-state index in [2.05, 4.69) is 10.0 Å². The topological polar surface area (TPSA) is 75.3 Å². The fraction of sp³-hybridized carbons (Fsp3) is 0.235. The van der Waals surface area contributed by atoms with Crippen LogP contribution in [0.5, 0.6) is 0 Å². The van der Waals surface area contributed by atoms with E-state index in [-0.39, 0.29) is 29.6 Å². The van der Waals surface area contributed by atoms with Crippen molar-refractivity contribution < 1.29 is 17.6 Å². The fourth-order valence-corrected chi connectivity index (χ4v) is 3.11. The van der Waals surface area contributed by atoms with E-state index in [0.717, 1.165) is 5.56 Å². The lowest BCUT2D eigenvalue weighted by molar-refractivity contribution is -0.116. The number of benzene rings is 2. The van der Waals surface area contributed by atoms with E-state index in [1.54, 1.807) is 19.1 Å². The second-order valence-electron chi connectivity index (χ2n) is 5.47. The summed E-state index contributed by atoms with van der Waals surface area (Å²) in [5.74, 6) is -0.729. The van der Waals surface area contributed by atoms with Gasteiger partial charge in [-0.25, -0.2) is 17.5 Å². The van der Waals surface area contributed by atoms with Gasteiger partial charge in [0, 0.05) is 18.7 Å². The Balaban J connectivity index is 1.89. The van der Waals surface area contributed by atoms with E-state index < -0.39 is 10.0 Å². The van der Waals surface area contributed by atoms with Crippen LogP contribution >= 0.6 is 0 Å². The van der Waals surface area contributed by atoms with Gasteiger partial charge in [-0.3, -0.25) is 4.79 Å². The molecule has 0 spiro atoms. The van der Waals surface area contributed by atoms with Crippen LogP contribution in [0, 0.1) is 19.7 Å². The maximum atomic E-state index is 13.0. The standard InChI is InChI=1S/C17H19FN2O3S/c1-12-3-6-15(7-4-12)24(22,23)19-10-9-17(21)20-16-8-5-14(18)11-13(16)2/h3-8,11,19H,9-10H2,1-2H3,(H,20,21). The molecule has 0 aromatic heterocycles. The summed E-state index contributed by atoms with van der Waals surface area (Å²) in [4.78, 5) is 12.0. The van der Waals surface area contributed by atoms with Crippen LogP contribution in [0.15, 0.2) is 47.4 Å². The first kappa shape index (κ1) is 18.1. The number of rotatable bonds is 6. The number of halogens is 1. The fourth-order valence-electron chi connectivity index (χ4n) is 2.08. The molecule has 0 saturated heterocycles. The van der Waals surface area contributed by atoms with Crippen LogP contribution in [0.4, 0.5) is 10.1 Å². The number of anilines is 1. The Hall–Kier alpha value is -2.25. The van der Waals surface area contributed by atoms with Crippen LogP contribution < -0.4 is 10.0 Å². The zero-order valence-corrected chi connectivity index (χ0v) is 14.3. The van der Waals surface area contributed by atoms with E-state index in [1.165, 1.54) is 30.3 Å². The highest BCUT2D eigenvalue weighted by Crippen LogP contribution is 2.16. The lowest BCUT2D eigenvalue weighted by atomic mass is 10.2. The second-order valence-corrected chi connectivity index (χ2v) is 7.24. The van der Waals surface area contributed by atoms with E-state index in [9.17, 15) is 17.6 Å². The third-order valence-electron chi connectivity index (χ3n) is 3.44. The summed E-state index contributed by atoms with van der Waals surface area (Å²) in [6.07, 6.45) is -0.0259. The molecule has 7 heteroatoms. The number of carbonyl (C=O) groups excluding carboxylic acids is 1. The number of sulfonamides is 1. The van der Waals surface area contributed by atoms with Gasteiger partial charge in [-0.15, -0.1) is 0 Å². The average molecular weight is 350 g/mol. The molecule has 0 radical (unpaired) electrons. The minimum Gasteiger partial charge on any atom is -0.326 e. The van der Waals surface area contributed by atoms with E-state index in [0.29, 0.717) is 11.3 Å². The smallest absolute Gasteiger partial charge is 0.240 e. The molecule has 2 aromatic rings. The predicted octanol–water partition coefficient (Wildman–Crippen LogP) is 2.75. The molecule has 0 aliphatic carbocycles. The largest absolute Gasteiger partial charge is 0.326 e. The molecule has 5 nitrogen and oxygen atoms in total. The van der Waals surface area contributed by atoms with Crippen LogP contribution in [0.25, 0.3) is 0 Å². The molecular weight excluding hydrogens is 331 g/mol. The van der Waals surface area contributed by atoms with Crippen LogP contribution in [-0.4, -0.2) is 20.9 Å². The minimum absolute atomic E-state index is 0.0255. The van der Waals surface area contributed by atoms with Gasteiger partial charge in [-0.05, 0) is 49.7 Å². The molecule has 0 fully saturated rings. The van der Waals surface area contributed by atoms with Gasteiger partial charge in [0.1, 0.15) is 5.82 Å². The molecular formula is C17H19FN2O3S. The Kier molecular flexibility index (Phi) is 5.69. The van der Waals surface area contributed by atoms with Crippen molar-refractivity contribution in [1.82, 2.24) is 4.72 Å². The number of hydrogen-bond donors (Lipinski definition) is 2. The van der Waals surface area contributed by atoms with Gasteiger partial charge in [-0.1, -0.05) is 17.7 Å². The highest BCUT2D eigenvalue weighted by Gasteiger charge is 2.14. The molecule has 2 N–H and O–H groups in total. The first-order valence-corrected chi connectivity index (χ1v) is 8.88. The van der Waals surface area contributed by atoms with E-state index in [4.69, 9.17) is 0 Å². The van der Waals surface area contributed by atoms with Crippen molar-refractivity contribution >= 4 is 21.6 Å². The number of hydrogen-bond acceptors (Lipinski definition) is 3. The van der Waals surface area contributed by atoms with Gasteiger partial charge in [0.05, 0.1) is 4.90 Å². The lowest BCUT2D eigenvalue weighted by Gasteiger charge is -2.09. The van der Waals surface area contributed by atoms with Gasteiger partial charge < -0.3 is 5.32 Å². The highest BCUT2D eigenvalue weighted by atomic mass is 32.2. The Bertz CT molecular complexity index is 833. The van der Waals surface area contributed by atoms with Crippen molar-refractivity contribution in [3.63, 3.8) is 0 Å². The average Bonchev–Trinajstić information content (AvgIpc) is 2.50. The van der Waals surface area contributed by atoms with Crippen molar-refractivity contribution in [3.8, 4) is 0 Å². The quantitative estimate of drug-likeness (QED) is 0.841. The summed E-state index contributed by atoms with van der Waals surface area (Å²) in [6, 6.07) is 10.5. The summed E-state index contributed by atoms with van der Waals surface area (Å²) in [5.41, 5.74) is 2.06. The van der Waals surface area contributed by atoms with E-state index in [1.807, 2.05) is 6.92 Å². The minimum atomic E-state index is -3.64. The van der Waals surface area contributed by atoms with Gasteiger partial charge in [0.15, 0.2) is 0 Å². The summed E-state index contributed by atoms with van der Waals surface area (Å²) >= 11 is 0. The Morgan fingerprint density at radius 1 is 1.08 bits per heavy atom. The highest BCUT2D eigenvalue weighted by molar-refractivity contribution is 7.89. The first-order chi connectivity index (χ1) is 11.3. The second kappa shape index (κ2) is 7.55. The monoisotopic (exact) mass is 350 g/mol. The van der Waals surface area contributed by atoms with Crippen LogP contribution in [0.2, 0.25) is 0 Å². The summed E-state index contributed by atoms with van der Waals surface area (Å²) in [6.45, 7) is 3.52. The van der Waals surface area contributed by atoms with Gasteiger partial charge >= 0.3 is 0 Å². The van der Waals surface area contributed by atoms with Crippen LogP contribution in [0.1, 0.15) is 17.5 Å². The third kappa shape index (κ3) is 4.87. The van der Waals surface area contributed by atoms with Crippen molar-refractivity contribution in [1.29, 1.82) is 0 Å². The summed E-state index contributed by atoms with van der Waals surface area (Å²) < 4.78 is 39.6. The number of nitrogens with one attached hydrogen (secondary N) is 2. The van der Waals surface area contributed by atoms with Crippen LogP contribution in [0.3, 0.4) is 0 Å². The number of carbonyl (C=O) groups is 1. The SMILES string of the molecule is Cc1ccc(S(=O)(=O)NCCC(=O)Nc2ccc(F)cc2C)cc1. The zero-order valence-electron chi connectivity index (χ0n) is 13.5. The Labute approximate surface area is 141 Å². The maximum Gasteiger partial charge on any atom is 0.240 e. The van der Waals surface area contributed by atoms with Gasteiger partial charge in [0.25, 0.3) is 0 Å². The molecule has 0 saturated carbocycles. The summed E-state index contributed by atoms with van der Waals surface area (Å²) in [5, 5.41) is 2.63. The molecule has 0 unspecified atom stereocenters. The van der Waals surface area contributed by atoms with Gasteiger partial charge in [0.2, 0.25) is 15.9 Å². The van der Waals surface area contributed by atoms with E-state index >= 15 is 0 Å². The van der Waals surface area contributed by atoms with Gasteiger partial charge in [-0.2, -0.15) is 0 Å². The van der Waals surface area contributed by atoms with Crippen molar-refractivity contribution in [2.45, 2.75) is 25.2 Å². The van der Waals surface area contributed by atoms with Crippen molar-refractivity contribution in [2.75, 3.05) is 11.9 Å². The summed E-state index contributed by atoms with van der Waals surface area (Å²) in [7, 11) is -3.64. The molecule has 0 aliphatic heterocycles. The molecule has 2 rings (SSSR count). The molecule has 2 aromatic carbocycles. The van der Waals surface area contributed by atoms with Crippen LogP contribution in [-0.2, 0) is 14.8 Å². The first-order valence-electron chi connectivity index (χ1n) is 7.40. The maximum absolute atomic E-state index is 13.0. The van der Waals surface area contributed by atoms with Crippen molar-refractivity contribution in [3.05, 3.63) is 59.4 Å². The van der Waals surface area contributed by atoms with Crippen molar-refractivity contribution in [2.24, 2.45) is 0 Å². The molecule has 1 amide bonds. The molecule has 0 bridgehead atoms. The Morgan fingerprint density at radius 3 is 2.38 bits per heavy atom. The molecule has 0 heterocycles. The normalized spacial score (nSPS) is 11.3. The molecule has 0 aliphatic rings. The number of aryl methyl sites for hydroxylation is 2. The lowest BCUT2D eigenvalue weighted by Crippen LogP contribution is -2.28. The number of amides is 1. The molecule has 24 heavy (non-hydrogen) atoms. The zero-order chi connectivity index (χ0) is 17.7.